The second-order valence-corrected chi connectivity index (χ2v) is 4.56. The highest BCUT2D eigenvalue weighted by Gasteiger charge is 2.40. The van der Waals surface area contributed by atoms with Crippen LogP contribution in [0.15, 0.2) is 0 Å². The largest absolute Gasteiger partial charge is 0.465 e. The molecule has 0 bridgehead atoms. The van der Waals surface area contributed by atoms with Crippen molar-refractivity contribution < 1.29 is 14.3 Å². The van der Waals surface area contributed by atoms with Gasteiger partial charge < -0.3 is 9.64 Å². The first-order valence-corrected chi connectivity index (χ1v) is 6.21. The number of carbonyl (C=O) groups is 2. The Labute approximate surface area is 95.9 Å². The van der Waals surface area contributed by atoms with Crippen LogP contribution >= 0.6 is 0 Å². The number of nitrogens with zero attached hydrogens (tertiary/aromatic N) is 1. The molecule has 0 aromatic heterocycles. The summed E-state index contributed by atoms with van der Waals surface area (Å²) < 4.78 is 4.95. The van der Waals surface area contributed by atoms with Gasteiger partial charge in [-0.1, -0.05) is 0 Å². The second kappa shape index (κ2) is 4.85. The van der Waals surface area contributed by atoms with Gasteiger partial charge >= 0.3 is 5.97 Å². The summed E-state index contributed by atoms with van der Waals surface area (Å²) in [6.45, 7) is 2.94. The lowest BCUT2D eigenvalue weighted by Crippen LogP contribution is -2.52. The molecule has 2 aliphatic heterocycles. The smallest absolute Gasteiger partial charge is 0.318 e. The number of rotatable bonds is 2. The molecule has 2 atom stereocenters. The van der Waals surface area contributed by atoms with Crippen LogP contribution in [0.25, 0.3) is 0 Å². The normalized spacial score (nSPS) is 29.8. The lowest BCUT2D eigenvalue weighted by atomic mass is 9.87. The number of carbonyl (C=O) groups excluding carboxylic acids is 2. The third kappa shape index (κ3) is 2.06. The van der Waals surface area contributed by atoms with Gasteiger partial charge in [0.1, 0.15) is 5.92 Å². The lowest BCUT2D eigenvalue weighted by Gasteiger charge is -2.41. The van der Waals surface area contributed by atoms with Gasteiger partial charge in [0.2, 0.25) is 5.91 Å². The van der Waals surface area contributed by atoms with Crippen LogP contribution in [0.3, 0.4) is 0 Å². The van der Waals surface area contributed by atoms with E-state index in [1.54, 1.807) is 6.92 Å². The predicted molar refractivity (Wildman–Crippen MR) is 58.7 cm³/mol. The fraction of sp³-hybridized carbons (Fsp3) is 0.833. The SMILES string of the molecule is CCOC(=O)[C@H]1CC[C@H]2CCCCN2C1=O. The molecule has 0 radical (unpaired) electrons. The number of fused-ring (bicyclic) bond motifs is 1. The van der Waals surface area contributed by atoms with Gasteiger partial charge in [0.05, 0.1) is 6.61 Å². The molecule has 90 valence electrons. The van der Waals surface area contributed by atoms with Gasteiger partial charge in [-0.05, 0) is 39.0 Å². The van der Waals surface area contributed by atoms with Gasteiger partial charge in [-0.2, -0.15) is 0 Å². The van der Waals surface area contributed by atoms with E-state index in [1.807, 2.05) is 4.90 Å². The Bertz CT molecular complexity index is 290. The minimum absolute atomic E-state index is 0.00519. The Balaban J connectivity index is 2.02. The molecule has 16 heavy (non-hydrogen) atoms. The molecule has 0 unspecified atom stereocenters. The van der Waals surface area contributed by atoms with E-state index in [0.717, 1.165) is 25.8 Å². The van der Waals surface area contributed by atoms with Gasteiger partial charge in [0.25, 0.3) is 0 Å². The molecule has 0 spiro atoms. The quantitative estimate of drug-likeness (QED) is 0.526. The highest BCUT2D eigenvalue weighted by Crippen LogP contribution is 2.30. The molecule has 0 aromatic rings. The average molecular weight is 225 g/mol. The second-order valence-electron chi connectivity index (χ2n) is 4.56. The summed E-state index contributed by atoms with van der Waals surface area (Å²) in [5.41, 5.74) is 0. The van der Waals surface area contributed by atoms with Crippen LogP contribution in [0.5, 0.6) is 0 Å². The summed E-state index contributed by atoms with van der Waals surface area (Å²) in [6, 6.07) is 0.381. The molecular formula is C12H19NO3. The first-order chi connectivity index (χ1) is 7.74. The van der Waals surface area contributed by atoms with E-state index in [9.17, 15) is 9.59 Å². The van der Waals surface area contributed by atoms with Crippen molar-refractivity contribution >= 4 is 11.9 Å². The summed E-state index contributed by atoms with van der Waals surface area (Å²) in [5.74, 6) is -0.875. The van der Waals surface area contributed by atoms with Crippen molar-refractivity contribution in [1.82, 2.24) is 4.90 Å². The third-order valence-corrected chi connectivity index (χ3v) is 3.57. The van der Waals surface area contributed by atoms with E-state index in [-0.39, 0.29) is 11.9 Å². The van der Waals surface area contributed by atoms with Crippen LogP contribution in [-0.2, 0) is 14.3 Å². The molecular weight excluding hydrogens is 206 g/mol. The Morgan fingerprint density at radius 2 is 2.19 bits per heavy atom. The number of ether oxygens (including phenoxy) is 1. The lowest BCUT2D eigenvalue weighted by molar-refractivity contribution is -0.160. The van der Waals surface area contributed by atoms with Crippen LogP contribution in [0, 0.1) is 5.92 Å². The summed E-state index contributed by atoms with van der Waals surface area (Å²) in [6.07, 6.45) is 4.99. The van der Waals surface area contributed by atoms with Gasteiger partial charge in [0, 0.05) is 12.6 Å². The van der Waals surface area contributed by atoms with Crippen molar-refractivity contribution in [3.8, 4) is 0 Å². The molecule has 2 rings (SSSR count). The number of esters is 1. The Hall–Kier alpha value is -1.06. The van der Waals surface area contributed by atoms with E-state index in [2.05, 4.69) is 0 Å². The van der Waals surface area contributed by atoms with Crippen molar-refractivity contribution in [3.05, 3.63) is 0 Å². The van der Waals surface area contributed by atoms with E-state index < -0.39 is 5.92 Å². The molecule has 2 fully saturated rings. The highest BCUT2D eigenvalue weighted by atomic mass is 16.5. The topological polar surface area (TPSA) is 46.6 Å². The van der Waals surface area contributed by atoms with E-state index >= 15 is 0 Å². The van der Waals surface area contributed by atoms with E-state index in [4.69, 9.17) is 4.74 Å². The molecule has 4 nitrogen and oxygen atoms in total. The highest BCUT2D eigenvalue weighted by molar-refractivity contribution is 5.98. The van der Waals surface area contributed by atoms with Crippen LogP contribution in [-0.4, -0.2) is 36.0 Å². The number of hydrogen-bond acceptors (Lipinski definition) is 3. The fourth-order valence-electron chi connectivity index (χ4n) is 2.74. The Morgan fingerprint density at radius 3 is 2.94 bits per heavy atom. The van der Waals surface area contributed by atoms with Gasteiger partial charge in [-0.3, -0.25) is 9.59 Å². The standard InChI is InChI=1S/C12H19NO3/c1-2-16-12(15)10-7-6-9-5-3-4-8-13(9)11(10)14/h9-10H,2-8H2,1H3/t9-,10+/m1/s1. The van der Waals surface area contributed by atoms with Crippen LogP contribution in [0.1, 0.15) is 39.0 Å². The zero-order valence-corrected chi connectivity index (χ0v) is 9.78. The first-order valence-electron chi connectivity index (χ1n) is 6.21. The maximum Gasteiger partial charge on any atom is 0.318 e. The van der Waals surface area contributed by atoms with Crippen LogP contribution < -0.4 is 0 Å². The fourth-order valence-corrected chi connectivity index (χ4v) is 2.74. The molecule has 2 heterocycles. The molecule has 1 amide bonds. The molecule has 0 aromatic carbocycles. The molecule has 0 saturated carbocycles. The minimum atomic E-state index is -0.533. The summed E-state index contributed by atoms with van der Waals surface area (Å²) >= 11 is 0. The molecule has 0 aliphatic carbocycles. The zero-order valence-electron chi connectivity index (χ0n) is 9.78. The Morgan fingerprint density at radius 1 is 1.38 bits per heavy atom. The first kappa shape index (κ1) is 11.4. The van der Waals surface area contributed by atoms with Crippen LogP contribution in [0.4, 0.5) is 0 Å². The van der Waals surface area contributed by atoms with E-state index in [0.29, 0.717) is 19.1 Å². The minimum Gasteiger partial charge on any atom is -0.465 e. The predicted octanol–water partition coefficient (Wildman–Crippen LogP) is 1.34. The maximum atomic E-state index is 12.1. The molecule has 4 heteroatoms. The molecule has 2 aliphatic rings. The van der Waals surface area contributed by atoms with Gasteiger partial charge in [0.15, 0.2) is 0 Å². The van der Waals surface area contributed by atoms with Crippen molar-refractivity contribution in [2.45, 2.75) is 45.1 Å². The summed E-state index contributed by atoms with van der Waals surface area (Å²) in [7, 11) is 0. The van der Waals surface area contributed by atoms with Gasteiger partial charge in [-0.15, -0.1) is 0 Å². The Kier molecular flexibility index (Phi) is 3.46. The summed E-state index contributed by atoms with van der Waals surface area (Å²) in [4.78, 5) is 25.6. The summed E-state index contributed by atoms with van der Waals surface area (Å²) in [5, 5.41) is 0. The number of amides is 1. The molecule has 2 saturated heterocycles. The average Bonchev–Trinajstić information content (AvgIpc) is 2.30. The monoisotopic (exact) mass is 225 g/mol. The van der Waals surface area contributed by atoms with Crippen molar-refractivity contribution in [3.63, 3.8) is 0 Å². The number of hydrogen-bond donors (Lipinski definition) is 0. The zero-order chi connectivity index (χ0) is 11.5. The van der Waals surface area contributed by atoms with Gasteiger partial charge in [-0.25, -0.2) is 0 Å². The maximum absolute atomic E-state index is 12.1. The molecule has 0 N–H and O–H groups in total. The van der Waals surface area contributed by atoms with Crippen LogP contribution in [0.2, 0.25) is 0 Å². The third-order valence-electron chi connectivity index (χ3n) is 3.57. The van der Waals surface area contributed by atoms with Crippen molar-refractivity contribution in [1.29, 1.82) is 0 Å². The van der Waals surface area contributed by atoms with Crippen molar-refractivity contribution in [2.75, 3.05) is 13.2 Å². The van der Waals surface area contributed by atoms with Crippen molar-refractivity contribution in [2.24, 2.45) is 5.92 Å². The van der Waals surface area contributed by atoms with E-state index in [1.165, 1.54) is 6.42 Å². The number of piperidine rings is 2.